The SMILES string of the molecule is Cc1ccccc1[C@H]1CC1(Cl)Cl. The number of rotatable bonds is 1. The fraction of sp³-hybridized carbons (Fsp3) is 0.400. The van der Waals surface area contributed by atoms with Crippen molar-refractivity contribution in [3.05, 3.63) is 35.4 Å². The first kappa shape index (κ1) is 8.40. The van der Waals surface area contributed by atoms with E-state index in [0.717, 1.165) is 6.42 Å². The maximum atomic E-state index is 5.98. The Labute approximate surface area is 82.5 Å². The second-order valence-corrected chi connectivity index (χ2v) is 4.92. The van der Waals surface area contributed by atoms with Crippen LogP contribution in [0.15, 0.2) is 24.3 Å². The highest BCUT2D eigenvalue weighted by Gasteiger charge is 2.52. The third-order valence-corrected chi connectivity index (χ3v) is 3.23. The molecule has 12 heavy (non-hydrogen) atoms. The van der Waals surface area contributed by atoms with Crippen LogP contribution in [0.3, 0.4) is 0 Å². The minimum atomic E-state index is -0.494. The lowest BCUT2D eigenvalue weighted by molar-refractivity contribution is 1.08. The van der Waals surface area contributed by atoms with Crippen LogP contribution in [0.2, 0.25) is 0 Å². The van der Waals surface area contributed by atoms with Crippen LogP contribution in [0.1, 0.15) is 23.5 Å². The molecule has 2 rings (SSSR count). The number of benzene rings is 1. The Morgan fingerprint density at radius 3 is 2.42 bits per heavy atom. The van der Waals surface area contributed by atoms with Gasteiger partial charge in [-0.05, 0) is 24.5 Å². The van der Waals surface area contributed by atoms with Crippen molar-refractivity contribution in [3.63, 3.8) is 0 Å². The van der Waals surface area contributed by atoms with E-state index in [1.165, 1.54) is 11.1 Å². The molecule has 0 nitrogen and oxygen atoms in total. The van der Waals surface area contributed by atoms with Gasteiger partial charge < -0.3 is 0 Å². The van der Waals surface area contributed by atoms with E-state index in [9.17, 15) is 0 Å². The molecule has 0 radical (unpaired) electrons. The average Bonchev–Trinajstić information content (AvgIpc) is 2.61. The zero-order valence-corrected chi connectivity index (χ0v) is 8.36. The Bertz CT molecular complexity index is 304. The van der Waals surface area contributed by atoms with Crippen LogP contribution in [0.4, 0.5) is 0 Å². The van der Waals surface area contributed by atoms with Crippen molar-refractivity contribution in [2.75, 3.05) is 0 Å². The highest BCUT2D eigenvalue weighted by atomic mass is 35.5. The molecule has 64 valence electrons. The summed E-state index contributed by atoms with van der Waals surface area (Å²) in [6.07, 6.45) is 0.890. The van der Waals surface area contributed by atoms with Crippen LogP contribution >= 0.6 is 23.2 Å². The lowest BCUT2D eigenvalue weighted by Gasteiger charge is -2.03. The molecule has 1 aromatic rings. The van der Waals surface area contributed by atoms with Gasteiger partial charge >= 0.3 is 0 Å². The molecule has 1 aliphatic carbocycles. The van der Waals surface area contributed by atoms with E-state index in [0.29, 0.717) is 5.92 Å². The standard InChI is InChI=1S/C10H10Cl2/c1-7-4-2-3-5-8(7)9-6-10(9,11)12/h2-5,9H,6H2,1H3/t9-/m1/s1. The summed E-state index contributed by atoms with van der Waals surface area (Å²) in [6.45, 7) is 2.09. The summed E-state index contributed by atoms with van der Waals surface area (Å²) in [5, 5.41) is 0. The van der Waals surface area contributed by atoms with E-state index in [1.807, 2.05) is 12.1 Å². The van der Waals surface area contributed by atoms with Gasteiger partial charge in [-0.2, -0.15) is 0 Å². The Kier molecular flexibility index (Phi) is 1.85. The Hall–Kier alpha value is -0.200. The Morgan fingerprint density at radius 2 is 1.92 bits per heavy atom. The van der Waals surface area contributed by atoms with Crippen molar-refractivity contribution >= 4 is 23.2 Å². The zero-order chi connectivity index (χ0) is 8.77. The molecule has 0 bridgehead atoms. The Balaban J connectivity index is 2.31. The lowest BCUT2D eigenvalue weighted by atomic mass is 10.1. The molecule has 1 aromatic carbocycles. The average molecular weight is 201 g/mol. The maximum absolute atomic E-state index is 5.98. The van der Waals surface area contributed by atoms with Gasteiger partial charge in [0.25, 0.3) is 0 Å². The van der Waals surface area contributed by atoms with Crippen molar-refractivity contribution in [2.24, 2.45) is 0 Å². The van der Waals surface area contributed by atoms with Gasteiger partial charge in [-0.15, -0.1) is 23.2 Å². The molecule has 1 atom stereocenters. The van der Waals surface area contributed by atoms with Gasteiger partial charge in [0.2, 0.25) is 0 Å². The van der Waals surface area contributed by atoms with Crippen LogP contribution in [-0.2, 0) is 0 Å². The molecule has 0 saturated heterocycles. The van der Waals surface area contributed by atoms with Crippen molar-refractivity contribution in [1.29, 1.82) is 0 Å². The molecule has 0 amide bonds. The summed E-state index contributed by atoms with van der Waals surface area (Å²) in [5.41, 5.74) is 2.58. The molecule has 1 aliphatic rings. The van der Waals surface area contributed by atoms with Gasteiger partial charge in [-0.1, -0.05) is 24.3 Å². The molecule has 0 spiro atoms. The summed E-state index contributed by atoms with van der Waals surface area (Å²) in [5.74, 6) is 0.349. The van der Waals surface area contributed by atoms with Crippen molar-refractivity contribution in [1.82, 2.24) is 0 Å². The van der Waals surface area contributed by atoms with Gasteiger partial charge in [0.1, 0.15) is 4.33 Å². The smallest absolute Gasteiger partial charge is 0.101 e. The number of aryl methyl sites for hydroxylation is 1. The maximum Gasteiger partial charge on any atom is 0.125 e. The molecular weight excluding hydrogens is 191 g/mol. The Morgan fingerprint density at radius 1 is 1.33 bits per heavy atom. The zero-order valence-electron chi connectivity index (χ0n) is 6.85. The molecule has 0 aromatic heterocycles. The number of alkyl halides is 2. The van der Waals surface area contributed by atoms with Crippen LogP contribution in [0, 0.1) is 6.92 Å². The highest BCUT2D eigenvalue weighted by molar-refractivity contribution is 6.51. The summed E-state index contributed by atoms with van der Waals surface area (Å²) >= 11 is 12.0. The van der Waals surface area contributed by atoms with E-state index >= 15 is 0 Å². The molecule has 2 heteroatoms. The first-order valence-electron chi connectivity index (χ1n) is 4.04. The minimum Gasteiger partial charge on any atom is -0.101 e. The topological polar surface area (TPSA) is 0 Å². The van der Waals surface area contributed by atoms with E-state index < -0.39 is 4.33 Å². The minimum absolute atomic E-state index is 0.349. The third-order valence-electron chi connectivity index (χ3n) is 2.39. The monoisotopic (exact) mass is 200 g/mol. The van der Waals surface area contributed by atoms with Crippen molar-refractivity contribution in [3.8, 4) is 0 Å². The van der Waals surface area contributed by atoms with Gasteiger partial charge in [0.05, 0.1) is 0 Å². The fourth-order valence-corrected chi connectivity index (χ4v) is 2.07. The van der Waals surface area contributed by atoms with Crippen molar-refractivity contribution < 1.29 is 0 Å². The van der Waals surface area contributed by atoms with Crippen LogP contribution in [0.5, 0.6) is 0 Å². The van der Waals surface area contributed by atoms with Gasteiger partial charge in [-0.25, -0.2) is 0 Å². The van der Waals surface area contributed by atoms with Crippen LogP contribution < -0.4 is 0 Å². The molecule has 0 unspecified atom stereocenters. The molecule has 0 heterocycles. The lowest BCUT2D eigenvalue weighted by Crippen LogP contribution is -1.92. The predicted octanol–water partition coefficient (Wildman–Crippen LogP) is 3.66. The highest BCUT2D eigenvalue weighted by Crippen LogP contribution is 2.59. The van der Waals surface area contributed by atoms with Gasteiger partial charge in [-0.3, -0.25) is 0 Å². The number of hydrogen-bond donors (Lipinski definition) is 0. The third kappa shape index (κ3) is 1.34. The van der Waals surface area contributed by atoms with E-state index in [2.05, 4.69) is 19.1 Å². The predicted molar refractivity (Wildman–Crippen MR) is 53.0 cm³/mol. The summed E-state index contributed by atoms with van der Waals surface area (Å²) in [7, 11) is 0. The largest absolute Gasteiger partial charge is 0.125 e. The van der Waals surface area contributed by atoms with Gasteiger partial charge in [0, 0.05) is 5.92 Å². The molecular formula is C10H10Cl2. The quantitative estimate of drug-likeness (QED) is 0.608. The first-order chi connectivity index (χ1) is 5.61. The summed E-state index contributed by atoms with van der Waals surface area (Å²) in [4.78, 5) is 0. The fourth-order valence-electron chi connectivity index (χ4n) is 1.53. The summed E-state index contributed by atoms with van der Waals surface area (Å²) < 4.78 is -0.494. The van der Waals surface area contributed by atoms with Gasteiger partial charge in [0.15, 0.2) is 0 Å². The normalized spacial score (nSPS) is 25.4. The molecule has 1 fully saturated rings. The summed E-state index contributed by atoms with van der Waals surface area (Å²) in [6, 6.07) is 8.26. The molecule has 1 saturated carbocycles. The first-order valence-corrected chi connectivity index (χ1v) is 4.80. The molecule has 0 aliphatic heterocycles. The van der Waals surface area contributed by atoms with Crippen molar-refractivity contribution in [2.45, 2.75) is 23.6 Å². The van der Waals surface area contributed by atoms with Crippen LogP contribution in [-0.4, -0.2) is 4.33 Å². The van der Waals surface area contributed by atoms with E-state index in [-0.39, 0.29) is 0 Å². The molecule has 0 N–H and O–H groups in total. The van der Waals surface area contributed by atoms with E-state index in [4.69, 9.17) is 23.2 Å². The van der Waals surface area contributed by atoms with Crippen LogP contribution in [0.25, 0.3) is 0 Å². The number of hydrogen-bond acceptors (Lipinski definition) is 0. The second-order valence-electron chi connectivity index (χ2n) is 3.37. The van der Waals surface area contributed by atoms with E-state index in [1.54, 1.807) is 0 Å². The second kappa shape index (κ2) is 2.65. The number of halogens is 2.